The zero-order valence-electron chi connectivity index (χ0n) is 17.0. The van der Waals surface area contributed by atoms with Gasteiger partial charge in [-0.05, 0) is 13.3 Å². The number of rotatable bonds is 17. The highest BCUT2D eigenvalue weighted by atomic mass is 16.5. The van der Waals surface area contributed by atoms with Gasteiger partial charge >= 0.3 is 5.97 Å². The Morgan fingerprint density at radius 1 is 0.880 bits per heavy atom. The summed E-state index contributed by atoms with van der Waals surface area (Å²) in [5, 5.41) is 10.2. The number of carbonyl (C=O) groups excluding carboxylic acids is 1. The van der Waals surface area contributed by atoms with E-state index in [-0.39, 0.29) is 5.97 Å². The third-order valence-corrected chi connectivity index (χ3v) is 4.89. The van der Waals surface area contributed by atoms with Gasteiger partial charge in [-0.3, -0.25) is 4.79 Å². The fraction of sp³-hybridized carbons (Fsp3) is 0.864. The topological polar surface area (TPSA) is 46.5 Å². The van der Waals surface area contributed by atoms with Crippen LogP contribution in [0.5, 0.6) is 0 Å². The van der Waals surface area contributed by atoms with Crippen LogP contribution in [-0.4, -0.2) is 24.3 Å². The van der Waals surface area contributed by atoms with Gasteiger partial charge in [0.25, 0.3) is 0 Å². The molecule has 0 radical (unpaired) electrons. The van der Waals surface area contributed by atoms with Gasteiger partial charge in [0, 0.05) is 0 Å². The Labute approximate surface area is 156 Å². The molecule has 148 valence electrons. The van der Waals surface area contributed by atoms with Crippen molar-refractivity contribution >= 4 is 5.97 Å². The number of unbranched alkanes of at least 4 members (excludes halogenated alkanes) is 12. The highest BCUT2D eigenvalue weighted by molar-refractivity contribution is 5.74. The first kappa shape index (κ1) is 24.2. The van der Waals surface area contributed by atoms with Gasteiger partial charge in [0.2, 0.25) is 0 Å². The summed E-state index contributed by atoms with van der Waals surface area (Å²) >= 11 is 0. The number of carbonyl (C=O) groups is 1. The maximum atomic E-state index is 11.6. The summed E-state index contributed by atoms with van der Waals surface area (Å²) in [4.78, 5) is 11.6. The molecule has 3 nitrogen and oxygen atoms in total. The molecule has 0 unspecified atom stereocenters. The Morgan fingerprint density at radius 3 is 1.72 bits per heavy atom. The van der Waals surface area contributed by atoms with Crippen molar-refractivity contribution in [1.82, 2.24) is 0 Å². The van der Waals surface area contributed by atoms with Gasteiger partial charge < -0.3 is 9.84 Å². The molecule has 0 saturated carbocycles. The van der Waals surface area contributed by atoms with Crippen molar-refractivity contribution in [1.29, 1.82) is 0 Å². The Morgan fingerprint density at radius 2 is 1.32 bits per heavy atom. The minimum Gasteiger partial charge on any atom is -0.468 e. The number of allylic oxidation sites excluding steroid dienone is 1. The molecule has 0 fully saturated rings. The summed E-state index contributed by atoms with van der Waals surface area (Å²) in [6.07, 6.45) is 20.6. The predicted molar refractivity (Wildman–Crippen MR) is 107 cm³/mol. The van der Waals surface area contributed by atoms with Crippen molar-refractivity contribution in [3.8, 4) is 0 Å². The van der Waals surface area contributed by atoms with Crippen LogP contribution < -0.4 is 0 Å². The van der Waals surface area contributed by atoms with Crippen LogP contribution in [-0.2, 0) is 9.53 Å². The van der Waals surface area contributed by atoms with Crippen LogP contribution >= 0.6 is 0 Å². The molecule has 0 aromatic heterocycles. The predicted octanol–water partition coefficient (Wildman–Crippen LogP) is 6.19. The normalized spacial score (nSPS) is 13.9. The van der Waals surface area contributed by atoms with Gasteiger partial charge in [0.15, 0.2) is 0 Å². The number of aliphatic hydroxyl groups excluding tert-OH is 1. The molecule has 25 heavy (non-hydrogen) atoms. The zero-order chi connectivity index (χ0) is 18.8. The smallest absolute Gasteiger partial charge is 0.315 e. The molecule has 2 atom stereocenters. The third kappa shape index (κ3) is 14.1. The molecule has 0 rings (SSSR count). The third-order valence-electron chi connectivity index (χ3n) is 4.89. The molecule has 0 aliphatic heterocycles. The van der Waals surface area contributed by atoms with Gasteiger partial charge in [0.05, 0.1) is 13.2 Å². The monoisotopic (exact) mass is 354 g/mol. The van der Waals surface area contributed by atoms with E-state index >= 15 is 0 Å². The lowest BCUT2D eigenvalue weighted by atomic mass is 9.96. The maximum absolute atomic E-state index is 11.6. The molecule has 0 aromatic carbocycles. The lowest BCUT2D eigenvalue weighted by molar-refractivity contribution is -0.147. The second-order valence-corrected chi connectivity index (χ2v) is 7.17. The van der Waals surface area contributed by atoms with Crippen molar-refractivity contribution in [2.45, 2.75) is 110 Å². The van der Waals surface area contributed by atoms with Crippen LogP contribution in [0.3, 0.4) is 0 Å². The summed E-state index contributed by atoms with van der Waals surface area (Å²) in [6, 6.07) is 0. The lowest BCUT2D eigenvalue weighted by Gasteiger charge is -2.17. The molecular weight excluding hydrogens is 312 g/mol. The molecule has 0 saturated heterocycles. The van der Waals surface area contributed by atoms with Crippen molar-refractivity contribution in [2.24, 2.45) is 5.92 Å². The number of methoxy groups -OCH3 is 1. The van der Waals surface area contributed by atoms with E-state index in [1.54, 1.807) is 12.2 Å². The molecule has 0 bridgehead atoms. The van der Waals surface area contributed by atoms with Gasteiger partial charge in [0.1, 0.15) is 5.92 Å². The van der Waals surface area contributed by atoms with Crippen molar-refractivity contribution in [3.63, 3.8) is 0 Å². The summed E-state index contributed by atoms with van der Waals surface area (Å²) in [5.74, 6) is -0.868. The quantitative estimate of drug-likeness (QED) is 0.192. The highest BCUT2D eigenvalue weighted by Crippen LogP contribution is 2.17. The van der Waals surface area contributed by atoms with Gasteiger partial charge in [-0.25, -0.2) is 0 Å². The van der Waals surface area contributed by atoms with E-state index in [4.69, 9.17) is 4.74 Å². The standard InChI is InChI=1S/C22H42O3/c1-4-6-7-8-9-10-11-12-13-14-15-16-17-19-21(23)20(18-5-2)22(24)25-3/h5,18,20-21,23H,4,6-17,19H2,1-3H3/b18-5+/t20-,21-/m0/s1. The molecular formula is C22H42O3. The summed E-state index contributed by atoms with van der Waals surface area (Å²) < 4.78 is 4.75. The van der Waals surface area contributed by atoms with E-state index < -0.39 is 12.0 Å². The number of aliphatic hydroxyl groups is 1. The minimum absolute atomic E-state index is 0.347. The summed E-state index contributed by atoms with van der Waals surface area (Å²) in [6.45, 7) is 4.12. The average molecular weight is 355 g/mol. The molecule has 0 spiro atoms. The number of esters is 1. The van der Waals surface area contributed by atoms with E-state index in [1.165, 1.54) is 77.7 Å². The molecule has 1 N–H and O–H groups in total. The number of ether oxygens (including phenoxy) is 1. The Bertz CT molecular complexity index is 325. The fourth-order valence-electron chi connectivity index (χ4n) is 3.26. The average Bonchev–Trinajstić information content (AvgIpc) is 2.62. The van der Waals surface area contributed by atoms with E-state index in [1.807, 2.05) is 6.92 Å². The molecule has 0 aliphatic rings. The lowest BCUT2D eigenvalue weighted by Crippen LogP contribution is -2.27. The SMILES string of the molecule is C/C=C/[C@H](C(=O)OC)[C@@H](O)CCCCCCCCCCCCCCC. The number of hydrogen-bond donors (Lipinski definition) is 1. The van der Waals surface area contributed by atoms with E-state index in [2.05, 4.69) is 6.92 Å². The molecule has 0 amide bonds. The van der Waals surface area contributed by atoms with E-state index in [0.717, 1.165) is 12.8 Å². The molecule has 0 aromatic rings. The first-order valence-electron chi connectivity index (χ1n) is 10.6. The van der Waals surface area contributed by atoms with Crippen LogP contribution in [0.15, 0.2) is 12.2 Å². The van der Waals surface area contributed by atoms with Gasteiger partial charge in [-0.15, -0.1) is 0 Å². The highest BCUT2D eigenvalue weighted by Gasteiger charge is 2.24. The molecule has 0 aliphatic carbocycles. The van der Waals surface area contributed by atoms with Crippen LogP contribution in [0.2, 0.25) is 0 Å². The van der Waals surface area contributed by atoms with Gasteiger partial charge in [-0.1, -0.05) is 103 Å². The Balaban J connectivity index is 3.49. The van der Waals surface area contributed by atoms with Crippen molar-refractivity contribution < 1.29 is 14.6 Å². The van der Waals surface area contributed by atoms with Crippen LogP contribution in [0, 0.1) is 5.92 Å². The van der Waals surface area contributed by atoms with Crippen LogP contribution in [0.25, 0.3) is 0 Å². The second kappa shape index (κ2) is 18.0. The van der Waals surface area contributed by atoms with Crippen LogP contribution in [0.1, 0.15) is 104 Å². The summed E-state index contributed by atoms with van der Waals surface area (Å²) in [5.41, 5.74) is 0. The second-order valence-electron chi connectivity index (χ2n) is 7.17. The molecule has 3 heteroatoms. The largest absolute Gasteiger partial charge is 0.468 e. The fourth-order valence-corrected chi connectivity index (χ4v) is 3.26. The van der Waals surface area contributed by atoms with Gasteiger partial charge in [-0.2, -0.15) is 0 Å². The van der Waals surface area contributed by atoms with Crippen LogP contribution in [0.4, 0.5) is 0 Å². The summed E-state index contributed by atoms with van der Waals surface area (Å²) in [7, 11) is 1.37. The molecule has 0 heterocycles. The van der Waals surface area contributed by atoms with E-state index in [9.17, 15) is 9.90 Å². The van der Waals surface area contributed by atoms with Crippen molar-refractivity contribution in [3.05, 3.63) is 12.2 Å². The first-order valence-corrected chi connectivity index (χ1v) is 10.6. The minimum atomic E-state index is -0.628. The zero-order valence-corrected chi connectivity index (χ0v) is 17.0. The van der Waals surface area contributed by atoms with E-state index in [0.29, 0.717) is 6.42 Å². The maximum Gasteiger partial charge on any atom is 0.315 e. The Kier molecular flexibility index (Phi) is 17.4. The number of hydrogen-bond acceptors (Lipinski definition) is 3. The Hall–Kier alpha value is -0.830. The first-order chi connectivity index (χ1) is 12.2. The van der Waals surface area contributed by atoms with Crippen molar-refractivity contribution in [2.75, 3.05) is 7.11 Å².